The lowest BCUT2D eigenvalue weighted by Crippen LogP contribution is -2.42. The molecule has 0 saturated heterocycles. The number of hydrogen-bond donors (Lipinski definition) is 0. The molecule has 124 valence electrons. The normalized spacial score (nSPS) is 19.2. The molecule has 2 heterocycles. The number of carbonyl (C=O) groups excluding carboxylic acids is 1. The van der Waals surface area contributed by atoms with Gasteiger partial charge in [-0.2, -0.15) is 0 Å². The molecule has 1 aliphatic heterocycles. The third kappa shape index (κ3) is 2.05. The minimum Gasteiger partial charge on any atom is -0.346 e. The second-order valence-corrected chi connectivity index (χ2v) is 7.71. The van der Waals surface area contributed by atoms with Gasteiger partial charge in [-0.05, 0) is 55.6 Å². The molecular formula is C20H22N2O2. The van der Waals surface area contributed by atoms with E-state index >= 15 is 0 Å². The Balaban J connectivity index is 1.58. The summed E-state index contributed by atoms with van der Waals surface area (Å²) in [5.41, 5.74) is 2.47. The number of aryl methyl sites for hydroxylation is 2. The average Bonchev–Trinajstić information content (AvgIpc) is 3.52. The zero-order valence-corrected chi connectivity index (χ0v) is 14.0. The topological polar surface area (TPSA) is 42.3 Å². The fourth-order valence-corrected chi connectivity index (χ4v) is 4.53. The van der Waals surface area contributed by atoms with Crippen LogP contribution in [-0.4, -0.2) is 28.5 Å². The van der Waals surface area contributed by atoms with Crippen LogP contribution in [0.3, 0.4) is 0 Å². The van der Waals surface area contributed by atoms with Crippen LogP contribution in [-0.2, 0) is 13.0 Å². The van der Waals surface area contributed by atoms with Crippen molar-refractivity contribution in [1.82, 2.24) is 9.47 Å². The molecule has 0 atom stereocenters. The number of benzene rings is 1. The number of para-hydroxylation sites is 1. The van der Waals surface area contributed by atoms with E-state index in [2.05, 4.69) is 10.6 Å². The highest BCUT2D eigenvalue weighted by Crippen LogP contribution is 2.47. The number of amides is 1. The molecule has 2 fully saturated rings. The lowest BCUT2D eigenvalue weighted by Gasteiger charge is -2.28. The largest absolute Gasteiger partial charge is 0.346 e. The fourth-order valence-electron chi connectivity index (χ4n) is 4.53. The summed E-state index contributed by atoms with van der Waals surface area (Å²) in [6, 6.07) is 6.20. The molecule has 2 aromatic rings. The minimum atomic E-state index is -0.104. The summed E-state index contributed by atoms with van der Waals surface area (Å²) in [5, 5.41) is 0.693. The Morgan fingerprint density at radius 2 is 1.92 bits per heavy atom. The van der Waals surface area contributed by atoms with Gasteiger partial charge in [0.05, 0.1) is 5.52 Å². The van der Waals surface area contributed by atoms with E-state index in [1.54, 1.807) is 6.20 Å². The van der Waals surface area contributed by atoms with Gasteiger partial charge in [-0.3, -0.25) is 9.59 Å². The number of rotatable bonds is 4. The first-order valence-electron chi connectivity index (χ1n) is 9.07. The predicted octanol–water partition coefficient (Wildman–Crippen LogP) is 2.82. The Morgan fingerprint density at radius 1 is 1.21 bits per heavy atom. The highest BCUT2D eigenvalue weighted by atomic mass is 16.2. The first-order chi connectivity index (χ1) is 11.6. The molecule has 0 N–H and O–H groups in total. The van der Waals surface area contributed by atoms with Crippen LogP contribution in [0.5, 0.6) is 0 Å². The van der Waals surface area contributed by atoms with E-state index in [1.165, 1.54) is 31.2 Å². The standard InChI is InChI=1S/C20H22N2O2/c1-21(17(13-5-6-13)14-7-8-14)20(24)16-11-22-10-9-12-3-2-4-15(18(12)22)19(16)23/h2-4,11,13-14,17H,5-10H2,1H3. The van der Waals surface area contributed by atoms with E-state index in [1.807, 2.05) is 24.1 Å². The second-order valence-electron chi connectivity index (χ2n) is 7.71. The number of hydrogen-bond acceptors (Lipinski definition) is 2. The van der Waals surface area contributed by atoms with E-state index in [4.69, 9.17) is 0 Å². The molecule has 1 amide bonds. The van der Waals surface area contributed by atoms with Crippen molar-refractivity contribution in [2.75, 3.05) is 7.05 Å². The molecule has 0 radical (unpaired) electrons. The molecule has 3 aliphatic rings. The summed E-state index contributed by atoms with van der Waals surface area (Å²) >= 11 is 0. The maximum absolute atomic E-state index is 13.1. The van der Waals surface area contributed by atoms with Gasteiger partial charge in [-0.1, -0.05) is 12.1 Å². The van der Waals surface area contributed by atoms with E-state index in [9.17, 15) is 9.59 Å². The maximum Gasteiger partial charge on any atom is 0.259 e. The van der Waals surface area contributed by atoms with Crippen molar-refractivity contribution in [3.8, 4) is 0 Å². The molecule has 24 heavy (non-hydrogen) atoms. The quantitative estimate of drug-likeness (QED) is 0.868. The number of nitrogens with zero attached hydrogens (tertiary/aromatic N) is 2. The van der Waals surface area contributed by atoms with Gasteiger partial charge in [0.1, 0.15) is 5.56 Å². The number of carbonyl (C=O) groups is 1. The van der Waals surface area contributed by atoms with E-state index in [-0.39, 0.29) is 11.3 Å². The molecule has 2 saturated carbocycles. The smallest absolute Gasteiger partial charge is 0.259 e. The van der Waals surface area contributed by atoms with Crippen LogP contribution >= 0.6 is 0 Å². The van der Waals surface area contributed by atoms with Crippen molar-refractivity contribution in [2.45, 2.75) is 44.7 Å². The Hall–Kier alpha value is -2.10. The van der Waals surface area contributed by atoms with Crippen LogP contribution in [0.25, 0.3) is 10.9 Å². The summed E-state index contributed by atoms with van der Waals surface area (Å²) in [7, 11) is 1.90. The van der Waals surface area contributed by atoms with Crippen LogP contribution in [0.4, 0.5) is 0 Å². The SMILES string of the molecule is CN(C(=O)c1cn2c3c(cccc3c1=O)CC2)C(C1CC1)C1CC1. The molecule has 0 bridgehead atoms. The predicted molar refractivity (Wildman–Crippen MR) is 93.2 cm³/mol. The Bertz CT molecular complexity index is 894. The summed E-state index contributed by atoms with van der Waals surface area (Å²) in [6.45, 7) is 0.856. The van der Waals surface area contributed by atoms with Crippen LogP contribution in [0.1, 0.15) is 41.6 Å². The molecule has 1 aromatic carbocycles. The zero-order chi connectivity index (χ0) is 16.4. The lowest BCUT2D eigenvalue weighted by molar-refractivity contribution is 0.0688. The molecule has 5 rings (SSSR count). The van der Waals surface area contributed by atoms with Gasteiger partial charge in [0, 0.05) is 31.2 Å². The molecule has 4 nitrogen and oxygen atoms in total. The van der Waals surface area contributed by atoms with Gasteiger partial charge in [0.15, 0.2) is 0 Å². The van der Waals surface area contributed by atoms with Crippen LogP contribution in [0.2, 0.25) is 0 Å². The maximum atomic E-state index is 13.1. The second kappa shape index (κ2) is 4.95. The van der Waals surface area contributed by atoms with Gasteiger partial charge in [0.25, 0.3) is 5.91 Å². The number of aromatic nitrogens is 1. The average molecular weight is 322 g/mol. The molecule has 0 spiro atoms. The van der Waals surface area contributed by atoms with Crippen molar-refractivity contribution in [1.29, 1.82) is 0 Å². The molecule has 2 aliphatic carbocycles. The Morgan fingerprint density at radius 3 is 2.58 bits per heavy atom. The molecule has 4 heteroatoms. The van der Waals surface area contributed by atoms with Crippen molar-refractivity contribution in [3.05, 3.63) is 45.7 Å². The van der Waals surface area contributed by atoms with Crippen molar-refractivity contribution < 1.29 is 4.79 Å². The van der Waals surface area contributed by atoms with Gasteiger partial charge in [-0.25, -0.2) is 0 Å². The third-order valence-corrected chi connectivity index (χ3v) is 6.01. The summed E-state index contributed by atoms with van der Waals surface area (Å²) in [4.78, 5) is 27.9. The van der Waals surface area contributed by atoms with Crippen molar-refractivity contribution in [3.63, 3.8) is 0 Å². The fraction of sp³-hybridized carbons (Fsp3) is 0.500. The highest BCUT2D eigenvalue weighted by Gasteiger charge is 2.45. The van der Waals surface area contributed by atoms with E-state index in [0.29, 0.717) is 28.8 Å². The molecular weight excluding hydrogens is 300 g/mol. The molecule has 0 unspecified atom stereocenters. The minimum absolute atomic E-state index is 0.0910. The van der Waals surface area contributed by atoms with Crippen molar-refractivity contribution >= 4 is 16.8 Å². The summed E-state index contributed by atoms with van der Waals surface area (Å²) in [5.74, 6) is 1.21. The van der Waals surface area contributed by atoms with Gasteiger partial charge < -0.3 is 9.47 Å². The Kier molecular flexibility index (Phi) is 2.94. The highest BCUT2D eigenvalue weighted by molar-refractivity contribution is 5.98. The lowest BCUT2D eigenvalue weighted by atomic mass is 10.0. The first-order valence-corrected chi connectivity index (χ1v) is 9.07. The monoisotopic (exact) mass is 322 g/mol. The van der Waals surface area contributed by atoms with Gasteiger partial charge in [-0.15, -0.1) is 0 Å². The first kappa shape index (κ1) is 14.3. The summed E-state index contributed by atoms with van der Waals surface area (Å²) in [6.07, 6.45) is 7.65. The van der Waals surface area contributed by atoms with Crippen LogP contribution in [0.15, 0.2) is 29.2 Å². The van der Waals surface area contributed by atoms with Crippen molar-refractivity contribution in [2.24, 2.45) is 11.8 Å². The summed E-state index contributed by atoms with van der Waals surface area (Å²) < 4.78 is 2.09. The third-order valence-electron chi connectivity index (χ3n) is 6.01. The van der Waals surface area contributed by atoms with Crippen LogP contribution in [0, 0.1) is 11.8 Å². The Labute approximate surface area is 141 Å². The number of pyridine rings is 1. The van der Waals surface area contributed by atoms with Crippen LogP contribution < -0.4 is 5.43 Å². The van der Waals surface area contributed by atoms with Gasteiger partial charge >= 0.3 is 0 Å². The van der Waals surface area contributed by atoms with E-state index < -0.39 is 0 Å². The van der Waals surface area contributed by atoms with E-state index in [0.717, 1.165) is 18.5 Å². The molecule has 1 aromatic heterocycles. The zero-order valence-electron chi connectivity index (χ0n) is 14.0. The van der Waals surface area contributed by atoms with Gasteiger partial charge in [0.2, 0.25) is 5.43 Å².